The van der Waals surface area contributed by atoms with Crippen molar-refractivity contribution >= 4 is 5.97 Å². The predicted octanol–water partition coefficient (Wildman–Crippen LogP) is 1.35. The topological polar surface area (TPSA) is 46.5 Å². The van der Waals surface area contributed by atoms with E-state index < -0.39 is 5.60 Å². The molecular formula is C9H18O3. The first-order valence-corrected chi connectivity index (χ1v) is 4.24. The second kappa shape index (κ2) is 4.45. The molecule has 0 aromatic rings. The van der Waals surface area contributed by atoms with Crippen LogP contribution in [-0.4, -0.2) is 23.3 Å². The van der Waals surface area contributed by atoms with Gasteiger partial charge in [-0.15, -0.1) is 0 Å². The van der Waals surface area contributed by atoms with Crippen molar-refractivity contribution in [2.75, 3.05) is 6.61 Å². The lowest BCUT2D eigenvalue weighted by atomic mass is 10.1. The Bertz CT molecular complexity index is 142. The molecule has 3 nitrogen and oxygen atoms in total. The smallest absolute Gasteiger partial charge is 0.311 e. The summed E-state index contributed by atoms with van der Waals surface area (Å²) in [6, 6.07) is 0. The van der Waals surface area contributed by atoms with Gasteiger partial charge in [-0.3, -0.25) is 4.79 Å². The Kier molecular flexibility index (Phi) is 4.24. The highest BCUT2D eigenvalue weighted by atomic mass is 16.6. The quantitative estimate of drug-likeness (QED) is 0.657. The van der Waals surface area contributed by atoms with Crippen LogP contribution in [0.15, 0.2) is 0 Å². The Morgan fingerprint density at radius 3 is 2.25 bits per heavy atom. The minimum Gasteiger partial charge on any atom is -0.460 e. The van der Waals surface area contributed by atoms with Gasteiger partial charge in [0, 0.05) is 0 Å². The summed E-state index contributed by atoms with van der Waals surface area (Å²) in [6.07, 6.45) is 0.616. The largest absolute Gasteiger partial charge is 0.460 e. The summed E-state index contributed by atoms with van der Waals surface area (Å²) >= 11 is 0. The number of esters is 1. The fraction of sp³-hybridized carbons (Fsp3) is 0.889. The zero-order chi connectivity index (χ0) is 9.78. The molecule has 0 aromatic heterocycles. The molecule has 1 atom stereocenters. The highest BCUT2D eigenvalue weighted by Gasteiger charge is 2.22. The number of hydrogen-bond donors (Lipinski definition) is 1. The Labute approximate surface area is 73.7 Å². The molecular weight excluding hydrogens is 156 g/mol. The Morgan fingerprint density at radius 2 is 2.00 bits per heavy atom. The second-order valence-electron chi connectivity index (χ2n) is 3.82. The van der Waals surface area contributed by atoms with Gasteiger partial charge in [0.2, 0.25) is 0 Å². The fourth-order valence-corrected chi connectivity index (χ4v) is 0.755. The van der Waals surface area contributed by atoms with Crippen LogP contribution in [0.4, 0.5) is 0 Å². The molecule has 0 radical (unpaired) electrons. The highest BCUT2D eigenvalue weighted by Crippen LogP contribution is 2.12. The molecule has 0 fully saturated rings. The van der Waals surface area contributed by atoms with E-state index in [0.29, 0.717) is 6.42 Å². The second-order valence-corrected chi connectivity index (χ2v) is 3.82. The molecule has 0 aromatic carbocycles. The summed E-state index contributed by atoms with van der Waals surface area (Å²) < 4.78 is 5.08. The number of hydrogen-bond acceptors (Lipinski definition) is 3. The summed E-state index contributed by atoms with van der Waals surface area (Å²) in [5.41, 5.74) is -0.459. The maximum absolute atomic E-state index is 11.2. The third-order valence-corrected chi connectivity index (χ3v) is 1.45. The van der Waals surface area contributed by atoms with E-state index in [1.165, 1.54) is 0 Å². The summed E-state index contributed by atoms with van der Waals surface area (Å²) in [5, 5.41) is 8.79. The fourth-order valence-electron chi connectivity index (χ4n) is 0.755. The molecule has 0 saturated carbocycles. The third-order valence-electron chi connectivity index (χ3n) is 1.45. The average molecular weight is 174 g/mol. The zero-order valence-corrected chi connectivity index (χ0v) is 8.26. The first kappa shape index (κ1) is 11.4. The first-order chi connectivity index (χ1) is 5.40. The number of ether oxygens (including phenoxy) is 1. The molecule has 12 heavy (non-hydrogen) atoms. The van der Waals surface area contributed by atoms with Crippen molar-refractivity contribution in [2.45, 2.75) is 39.7 Å². The molecule has 0 aliphatic rings. The van der Waals surface area contributed by atoms with Crippen LogP contribution < -0.4 is 0 Å². The minimum atomic E-state index is -0.459. The maximum atomic E-state index is 11.2. The lowest BCUT2D eigenvalue weighted by molar-refractivity contribution is -0.161. The molecule has 1 N–H and O–H groups in total. The van der Waals surface area contributed by atoms with Crippen LogP contribution in [0.25, 0.3) is 0 Å². The van der Waals surface area contributed by atoms with E-state index >= 15 is 0 Å². The van der Waals surface area contributed by atoms with Gasteiger partial charge in [-0.05, 0) is 27.2 Å². The van der Waals surface area contributed by atoms with Gasteiger partial charge in [0.05, 0.1) is 12.5 Å². The monoisotopic (exact) mass is 174 g/mol. The summed E-state index contributed by atoms with van der Waals surface area (Å²) in [7, 11) is 0. The molecule has 0 bridgehead atoms. The summed E-state index contributed by atoms with van der Waals surface area (Å²) in [5.74, 6) is -0.684. The molecule has 0 aliphatic carbocycles. The normalized spacial score (nSPS) is 14.1. The van der Waals surface area contributed by atoms with Gasteiger partial charge in [-0.1, -0.05) is 6.92 Å². The molecule has 0 amide bonds. The van der Waals surface area contributed by atoms with Crippen LogP contribution in [0.3, 0.4) is 0 Å². The molecule has 3 heteroatoms. The van der Waals surface area contributed by atoms with Crippen molar-refractivity contribution in [3.8, 4) is 0 Å². The standard InChI is InChI=1S/C9H18O3/c1-5-7(6-10)8(11)12-9(2,3)4/h7,10H,5-6H2,1-4H3. The Balaban J connectivity index is 4.02. The van der Waals surface area contributed by atoms with Crippen molar-refractivity contribution in [2.24, 2.45) is 5.92 Å². The minimum absolute atomic E-state index is 0.134. The molecule has 0 rings (SSSR count). The van der Waals surface area contributed by atoms with E-state index in [1.807, 2.05) is 27.7 Å². The SMILES string of the molecule is CCC(CO)C(=O)OC(C)(C)C. The van der Waals surface area contributed by atoms with Gasteiger partial charge in [-0.25, -0.2) is 0 Å². The van der Waals surface area contributed by atoms with Crippen LogP contribution >= 0.6 is 0 Å². The van der Waals surface area contributed by atoms with Crippen LogP contribution in [0.5, 0.6) is 0 Å². The van der Waals surface area contributed by atoms with E-state index in [-0.39, 0.29) is 18.5 Å². The Morgan fingerprint density at radius 1 is 1.50 bits per heavy atom. The molecule has 0 spiro atoms. The van der Waals surface area contributed by atoms with Gasteiger partial charge in [-0.2, -0.15) is 0 Å². The summed E-state index contributed by atoms with van der Waals surface area (Å²) in [6.45, 7) is 7.16. The van der Waals surface area contributed by atoms with Crippen molar-refractivity contribution < 1.29 is 14.6 Å². The number of rotatable bonds is 3. The van der Waals surface area contributed by atoms with E-state index in [0.717, 1.165) is 0 Å². The zero-order valence-electron chi connectivity index (χ0n) is 8.26. The van der Waals surface area contributed by atoms with Gasteiger partial charge < -0.3 is 9.84 Å². The molecule has 0 aliphatic heterocycles. The van der Waals surface area contributed by atoms with E-state index in [2.05, 4.69) is 0 Å². The van der Waals surface area contributed by atoms with E-state index in [9.17, 15) is 4.79 Å². The molecule has 0 saturated heterocycles. The number of aliphatic hydroxyl groups excluding tert-OH is 1. The Hall–Kier alpha value is -0.570. The van der Waals surface area contributed by atoms with E-state index in [4.69, 9.17) is 9.84 Å². The van der Waals surface area contributed by atoms with Crippen LogP contribution in [0.2, 0.25) is 0 Å². The number of carbonyl (C=O) groups excluding carboxylic acids is 1. The van der Waals surface area contributed by atoms with Crippen molar-refractivity contribution in [1.82, 2.24) is 0 Å². The highest BCUT2D eigenvalue weighted by molar-refractivity contribution is 5.72. The van der Waals surface area contributed by atoms with Gasteiger partial charge >= 0.3 is 5.97 Å². The van der Waals surface area contributed by atoms with Crippen LogP contribution in [-0.2, 0) is 9.53 Å². The molecule has 72 valence electrons. The first-order valence-electron chi connectivity index (χ1n) is 4.24. The number of aliphatic hydroxyl groups is 1. The van der Waals surface area contributed by atoms with Gasteiger partial charge in [0.25, 0.3) is 0 Å². The van der Waals surface area contributed by atoms with Crippen molar-refractivity contribution in [3.63, 3.8) is 0 Å². The predicted molar refractivity (Wildman–Crippen MR) is 46.7 cm³/mol. The van der Waals surface area contributed by atoms with Gasteiger partial charge in [0.15, 0.2) is 0 Å². The van der Waals surface area contributed by atoms with E-state index in [1.54, 1.807) is 0 Å². The van der Waals surface area contributed by atoms with Crippen molar-refractivity contribution in [3.05, 3.63) is 0 Å². The lowest BCUT2D eigenvalue weighted by Gasteiger charge is -2.22. The summed E-state index contributed by atoms with van der Waals surface area (Å²) in [4.78, 5) is 11.2. The maximum Gasteiger partial charge on any atom is 0.311 e. The number of carbonyl (C=O) groups is 1. The van der Waals surface area contributed by atoms with Crippen LogP contribution in [0, 0.1) is 5.92 Å². The third kappa shape index (κ3) is 4.34. The molecule has 0 heterocycles. The molecule has 1 unspecified atom stereocenters. The lowest BCUT2D eigenvalue weighted by Crippen LogP contribution is -2.30. The van der Waals surface area contributed by atoms with Gasteiger partial charge in [0.1, 0.15) is 5.60 Å². The van der Waals surface area contributed by atoms with Crippen molar-refractivity contribution in [1.29, 1.82) is 0 Å². The van der Waals surface area contributed by atoms with Crippen LogP contribution in [0.1, 0.15) is 34.1 Å². The average Bonchev–Trinajstić information content (AvgIpc) is 1.85.